The van der Waals surface area contributed by atoms with Gasteiger partial charge in [0.05, 0.1) is 11.9 Å². The van der Waals surface area contributed by atoms with Crippen molar-refractivity contribution >= 4 is 11.6 Å². The van der Waals surface area contributed by atoms with Crippen LogP contribution in [0.15, 0.2) is 47.9 Å². The van der Waals surface area contributed by atoms with Crippen LogP contribution in [-0.4, -0.2) is 21.4 Å². The molecule has 120 valence electrons. The van der Waals surface area contributed by atoms with Crippen LogP contribution in [0.25, 0.3) is 0 Å². The van der Waals surface area contributed by atoms with Crippen molar-refractivity contribution < 1.29 is 4.39 Å². The Balaban J connectivity index is 1.82. The molecule has 23 heavy (non-hydrogen) atoms. The molecule has 1 aromatic heterocycles. The van der Waals surface area contributed by atoms with E-state index in [2.05, 4.69) is 20.7 Å². The van der Waals surface area contributed by atoms with E-state index in [9.17, 15) is 4.39 Å². The number of anilines is 1. The highest BCUT2D eigenvalue weighted by atomic mass is 19.1. The normalized spacial score (nSPS) is 20.1. The summed E-state index contributed by atoms with van der Waals surface area (Å²) in [6.45, 7) is 1.87. The van der Waals surface area contributed by atoms with Crippen molar-refractivity contribution in [3.63, 3.8) is 0 Å². The van der Waals surface area contributed by atoms with Gasteiger partial charge in [-0.25, -0.2) is 9.38 Å². The van der Waals surface area contributed by atoms with Crippen LogP contribution in [0.2, 0.25) is 0 Å². The smallest absolute Gasteiger partial charge is 0.202 e. The van der Waals surface area contributed by atoms with Crippen molar-refractivity contribution in [2.45, 2.75) is 19.0 Å². The van der Waals surface area contributed by atoms with Crippen LogP contribution in [0, 0.1) is 12.7 Å². The summed E-state index contributed by atoms with van der Waals surface area (Å²) < 4.78 is 15.7. The molecule has 0 spiro atoms. The molecule has 0 fully saturated rings. The number of hydrogen-bond donors (Lipinski definition) is 3. The molecule has 7 heteroatoms. The van der Waals surface area contributed by atoms with E-state index in [1.807, 2.05) is 26.2 Å². The molecule has 2 aromatic rings. The summed E-state index contributed by atoms with van der Waals surface area (Å²) >= 11 is 0. The van der Waals surface area contributed by atoms with Gasteiger partial charge in [-0.15, -0.1) is 0 Å². The van der Waals surface area contributed by atoms with Crippen LogP contribution in [0.3, 0.4) is 0 Å². The summed E-state index contributed by atoms with van der Waals surface area (Å²) in [4.78, 5) is 4.48. The number of aromatic nitrogens is 2. The van der Waals surface area contributed by atoms with E-state index in [0.717, 1.165) is 11.3 Å². The fourth-order valence-electron chi connectivity index (χ4n) is 2.50. The lowest BCUT2D eigenvalue weighted by atomic mass is 9.96. The van der Waals surface area contributed by atoms with Gasteiger partial charge >= 0.3 is 0 Å². The summed E-state index contributed by atoms with van der Waals surface area (Å²) in [5, 5.41) is 10.2. The van der Waals surface area contributed by atoms with Gasteiger partial charge in [-0.1, -0.05) is 12.1 Å². The lowest BCUT2D eigenvalue weighted by Crippen LogP contribution is -2.45. The number of halogens is 1. The Morgan fingerprint density at radius 1 is 1.43 bits per heavy atom. The Hall–Kier alpha value is -2.67. The molecular formula is C16H19FN6. The maximum atomic E-state index is 14.1. The number of aliphatic imine (C=N–C) groups is 1. The van der Waals surface area contributed by atoms with Crippen molar-refractivity contribution in [2.75, 3.05) is 5.32 Å². The molecule has 2 heterocycles. The highest BCUT2D eigenvalue weighted by Crippen LogP contribution is 2.22. The van der Waals surface area contributed by atoms with E-state index in [-0.39, 0.29) is 12.2 Å². The van der Waals surface area contributed by atoms with Crippen molar-refractivity contribution in [1.29, 1.82) is 0 Å². The molecule has 4 N–H and O–H groups in total. The molecule has 1 unspecified atom stereocenters. The zero-order valence-corrected chi connectivity index (χ0v) is 13.0. The fraction of sp³-hybridized carbons (Fsp3) is 0.250. The lowest BCUT2D eigenvalue weighted by molar-refractivity contribution is 0.516. The molecule has 0 bridgehead atoms. The van der Waals surface area contributed by atoms with E-state index >= 15 is 0 Å². The van der Waals surface area contributed by atoms with E-state index < -0.39 is 5.66 Å². The summed E-state index contributed by atoms with van der Waals surface area (Å²) in [5.41, 5.74) is 7.55. The molecule has 1 aliphatic heterocycles. The minimum absolute atomic E-state index is 0.265. The molecule has 0 radical (unpaired) electrons. The monoisotopic (exact) mass is 314 g/mol. The van der Waals surface area contributed by atoms with Crippen LogP contribution in [0.1, 0.15) is 11.1 Å². The molecule has 1 atom stereocenters. The highest BCUT2D eigenvalue weighted by molar-refractivity contribution is 5.95. The van der Waals surface area contributed by atoms with Gasteiger partial charge in [-0.3, -0.25) is 4.68 Å². The first kappa shape index (κ1) is 15.2. The van der Waals surface area contributed by atoms with Gasteiger partial charge in [0.1, 0.15) is 11.5 Å². The fourth-order valence-corrected chi connectivity index (χ4v) is 2.50. The van der Waals surface area contributed by atoms with Crippen LogP contribution >= 0.6 is 0 Å². The number of nitrogens with one attached hydrogen (secondary N) is 2. The van der Waals surface area contributed by atoms with E-state index in [0.29, 0.717) is 11.5 Å². The first-order valence-corrected chi connectivity index (χ1v) is 7.28. The molecule has 0 aliphatic carbocycles. The second-order valence-corrected chi connectivity index (χ2v) is 5.67. The SMILES string of the molecule is Cc1cccc(F)c1CC1(N)C=CNC(Nc2cnn(C)c2)=N1. The standard InChI is InChI=1S/C16H19FN6/c1-11-4-3-5-14(17)13(11)8-16(18)6-7-19-15(22-16)21-12-9-20-23(2)10-12/h3-7,9-10H,8,18H2,1-2H3,(H2,19,21,22). The predicted molar refractivity (Wildman–Crippen MR) is 88.3 cm³/mol. The maximum absolute atomic E-state index is 14.1. The van der Waals surface area contributed by atoms with Gasteiger partial charge in [-0.05, 0) is 30.2 Å². The van der Waals surface area contributed by atoms with Gasteiger partial charge in [0.25, 0.3) is 0 Å². The number of aryl methyl sites for hydroxylation is 2. The maximum Gasteiger partial charge on any atom is 0.202 e. The quantitative estimate of drug-likeness (QED) is 0.805. The molecule has 1 aromatic carbocycles. The lowest BCUT2D eigenvalue weighted by Gasteiger charge is -2.27. The molecule has 0 saturated heterocycles. The van der Waals surface area contributed by atoms with Crippen molar-refractivity contribution in [2.24, 2.45) is 17.8 Å². The average Bonchev–Trinajstić information content (AvgIpc) is 2.88. The van der Waals surface area contributed by atoms with Crippen molar-refractivity contribution in [3.8, 4) is 0 Å². The third-order valence-electron chi connectivity index (χ3n) is 3.69. The largest absolute Gasteiger partial charge is 0.333 e. The second kappa shape index (κ2) is 5.85. The first-order valence-electron chi connectivity index (χ1n) is 7.28. The van der Waals surface area contributed by atoms with Gasteiger partial charge in [0.15, 0.2) is 0 Å². The number of nitrogens with two attached hydrogens (primary N) is 1. The molecule has 3 rings (SSSR count). The number of rotatable bonds is 3. The van der Waals surface area contributed by atoms with Gasteiger partial charge in [0.2, 0.25) is 5.96 Å². The van der Waals surface area contributed by atoms with E-state index in [1.165, 1.54) is 6.07 Å². The number of benzene rings is 1. The van der Waals surface area contributed by atoms with Crippen molar-refractivity contribution in [1.82, 2.24) is 15.1 Å². The summed E-state index contributed by atoms with van der Waals surface area (Å²) in [6.07, 6.45) is 7.22. The summed E-state index contributed by atoms with van der Waals surface area (Å²) in [6, 6.07) is 4.99. The minimum Gasteiger partial charge on any atom is -0.333 e. The third kappa shape index (κ3) is 3.40. The molecule has 1 aliphatic rings. The molecule has 0 amide bonds. The number of hydrogen-bond acceptors (Lipinski definition) is 5. The third-order valence-corrected chi connectivity index (χ3v) is 3.69. The molecular weight excluding hydrogens is 295 g/mol. The van der Waals surface area contributed by atoms with Gasteiger partial charge in [0, 0.05) is 25.9 Å². The van der Waals surface area contributed by atoms with Crippen molar-refractivity contribution in [3.05, 3.63) is 59.8 Å². The summed E-state index contributed by atoms with van der Waals surface area (Å²) in [7, 11) is 1.83. The topological polar surface area (TPSA) is 80.3 Å². The Morgan fingerprint density at radius 2 is 2.26 bits per heavy atom. The van der Waals surface area contributed by atoms with Crippen LogP contribution < -0.4 is 16.4 Å². The van der Waals surface area contributed by atoms with E-state index in [4.69, 9.17) is 5.73 Å². The Kier molecular flexibility index (Phi) is 3.87. The minimum atomic E-state index is -1.01. The average molecular weight is 314 g/mol. The Labute approximate surface area is 133 Å². The first-order chi connectivity index (χ1) is 11.0. The Bertz CT molecular complexity index is 758. The highest BCUT2D eigenvalue weighted by Gasteiger charge is 2.27. The van der Waals surface area contributed by atoms with Crippen LogP contribution in [0.4, 0.5) is 10.1 Å². The van der Waals surface area contributed by atoms with Crippen LogP contribution in [0.5, 0.6) is 0 Å². The van der Waals surface area contributed by atoms with E-state index in [1.54, 1.807) is 29.2 Å². The van der Waals surface area contributed by atoms with Crippen LogP contribution in [-0.2, 0) is 13.5 Å². The number of nitrogens with zero attached hydrogens (tertiary/aromatic N) is 3. The van der Waals surface area contributed by atoms with Gasteiger partial charge in [-0.2, -0.15) is 5.10 Å². The molecule has 6 nitrogen and oxygen atoms in total. The zero-order chi connectivity index (χ0) is 16.4. The predicted octanol–water partition coefficient (Wildman–Crippen LogP) is 1.65. The second-order valence-electron chi connectivity index (χ2n) is 5.67. The zero-order valence-electron chi connectivity index (χ0n) is 13.0. The summed E-state index contributed by atoms with van der Waals surface area (Å²) in [5.74, 6) is 0.232. The van der Waals surface area contributed by atoms with Gasteiger partial charge < -0.3 is 16.4 Å². The molecule has 0 saturated carbocycles. The number of guanidine groups is 1. The Morgan fingerprint density at radius 3 is 2.96 bits per heavy atom.